The Morgan fingerprint density at radius 2 is 1.84 bits per heavy atom. The van der Waals surface area contributed by atoms with Gasteiger partial charge in [-0.05, 0) is 24.3 Å². The van der Waals surface area contributed by atoms with Crippen LogP contribution in [0.25, 0.3) is 27.8 Å². The van der Waals surface area contributed by atoms with E-state index in [0.29, 0.717) is 0 Å². The molecule has 4 aromatic rings. The molecule has 0 spiro atoms. The van der Waals surface area contributed by atoms with Crippen LogP contribution < -0.4 is 0 Å². The number of aromatic nitrogens is 3. The fraction of sp³-hybridized carbons (Fsp3) is 0. The van der Waals surface area contributed by atoms with E-state index in [9.17, 15) is 0 Å². The summed E-state index contributed by atoms with van der Waals surface area (Å²) in [6.07, 6.45) is 5.91. The maximum absolute atomic E-state index is 4.61. The molecule has 0 amide bonds. The molecule has 0 N–H and O–H groups in total. The minimum absolute atomic E-state index is 0.949. The summed E-state index contributed by atoms with van der Waals surface area (Å²) < 4.78 is 2.02. The van der Waals surface area contributed by atoms with E-state index < -0.39 is 0 Å². The predicted octanol–water partition coefficient (Wildman–Crippen LogP) is 3.55. The molecule has 0 aliphatic heterocycles. The van der Waals surface area contributed by atoms with Crippen molar-refractivity contribution in [3.05, 3.63) is 67.1 Å². The van der Waals surface area contributed by atoms with Gasteiger partial charge in [0.1, 0.15) is 5.65 Å². The van der Waals surface area contributed by atoms with Crippen molar-refractivity contribution in [3.8, 4) is 11.3 Å². The van der Waals surface area contributed by atoms with Gasteiger partial charge in [0.15, 0.2) is 0 Å². The average Bonchev–Trinajstić information content (AvgIpc) is 2.90. The summed E-state index contributed by atoms with van der Waals surface area (Å²) >= 11 is 0. The molecule has 0 saturated heterocycles. The molecule has 3 heterocycles. The molecule has 0 atom stereocenters. The Morgan fingerprint density at radius 3 is 2.79 bits per heavy atom. The SMILES string of the molecule is c1ccc2ncc(-c3cn4ccccc4n3)cc2c1. The van der Waals surface area contributed by atoms with Crippen LogP contribution in [-0.4, -0.2) is 14.4 Å². The summed E-state index contributed by atoms with van der Waals surface area (Å²) in [5.41, 5.74) is 3.95. The summed E-state index contributed by atoms with van der Waals surface area (Å²) in [7, 11) is 0. The monoisotopic (exact) mass is 245 g/mol. The van der Waals surface area contributed by atoms with Crippen LogP contribution in [0.2, 0.25) is 0 Å². The Labute approximate surface area is 110 Å². The second-order valence-corrected chi connectivity index (χ2v) is 4.51. The molecule has 0 aliphatic carbocycles. The number of pyridine rings is 2. The van der Waals surface area contributed by atoms with Crippen molar-refractivity contribution in [2.75, 3.05) is 0 Å². The molecule has 0 saturated carbocycles. The lowest BCUT2D eigenvalue weighted by molar-refractivity contribution is 1.19. The molecule has 4 rings (SSSR count). The average molecular weight is 245 g/mol. The maximum atomic E-state index is 4.61. The minimum atomic E-state index is 0.949. The summed E-state index contributed by atoms with van der Waals surface area (Å²) in [4.78, 5) is 9.09. The lowest BCUT2D eigenvalue weighted by atomic mass is 10.1. The summed E-state index contributed by atoms with van der Waals surface area (Å²) in [6.45, 7) is 0. The van der Waals surface area contributed by atoms with Crippen LogP contribution in [0.1, 0.15) is 0 Å². The molecule has 3 nitrogen and oxygen atoms in total. The van der Waals surface area contributed by atoms with Crippen molar-refractivity contribution < 1.29 is 0 Å². The fourth-order valence-corrected chi connectivity index (χ4v) is 2.28. The van der Waals surface area contributed by atoms with Gasteiger partial charge >= 0.3 is 0 Å². The standard InChI is InChI=1S/C16H11N3/c1-2-6-14-12(5-1)9-13(10-17-14)15-11-19-8-4-3-7-16(19)18-15/h1-11H. The Hall–Kier alpha value is -2.68. The van der Waals surface area contributed by atoms with E-state index in [1.807, 2.05) is 59.4 Å². The van der Waals surface area contributed by atoms with Gasteiger partial charge in [0.2, 0.25) is 0 Å². The van der Waals surface area contributed by atoms with E-state index in [0.717, 1.165) is 27.8 Å². The largest absolute Gasteiger partial charge is 0.306 e. The summed E-state index contributed by atoms with van der Waals surface area (Å²) in [5.74, 6) is 0. The smallest absolute Gasteiger partial charge is 0.137 e. The molecule has 0 unspecified atom stereocenters. The van der Waals surface area contributed by atoms with Crippen molar-refractivity contribution in [3.63, 3.8) is 0 Å². The number of benzene rings is 1. The van der Waals surface area contributed by atoms with E-state index in [1.54, 1.807) is 0 Å². The molecular formula is C16H11N3. The fourth-order valence-electron chi connectivity index (χ4n) is 2.28. The van der Waals surface area contributed by atoms with Crippen LogP contribution in [0.4, 0.5) is 0 Å². The maximum Gasteiger partial charge on any atom is 0.137 e. The van der Waals surface area contributed by atoms with Crippen LogP contribution in [-0.2, 0) is 0 Å². The number of hydrogen-bond acceptors (Lipinski definition) is 2. The zero-order valence-corrected chi connectivity index (χ0v) is 10.2. The number of hydrogen-bond donors (Lipinski definition) is 0. The normalized spacial score (nSPS) is 11.2. The molecule has 19 heavy (non-hydrogen) atoms. The van der Waals surface area contributed by atoms with Crippen molar-refractivity contribution >= 4 is 16.6 Å². The summed E-state index contributed by atoms with van der Waals surface area (Å²) in [6, 6.07) is 16.2. The number of imidazole rings is 1. The van der Waals surface area contributed by atoms with Crippen LogP contribution in [0.3, 0.4) is 0 Å². The Morgan fingerprint density at radius 1 is 0.947 bits per heavy atom. The second-order valence-electron chi connectivity index (χ2n) is 4.51. The molecule has 0 bridgehead atoms. The molecular weight excluding hydrogens is 234 g/mol. The van der Waals surface area contributed by atoms with E-state index >= 15 is 0 Å². The minimum Gasteiger partial charge on any atom is -0.306 e. The van der Waals surface area contributed by atoms with Gasteiger partial charge < -0.3 is 4.40 Å². The first-order valence-electron chi connectivity index (χ1n) is 6.19. The zero-order valence-electron chi connectivity index (χ0n) is 10.2. The third-order valence-corrected chi connectivity index (χ3v) is 3.25. The molecule has 0 radical (unpaired) electrons. The molecule has 3 aromatic heterocycles. The van der Waals surface area contributed by atoms with Crippen molar-refractivity contribution in [2.24, 2.45) is 0 Å². The number of para-hydroxylation sites is 1. The quantitative estimate of drug-likeness (QED) is 0.513. The Bertz CT molecular complexity index is 844. The van der Waals surface area contributed by atoms with Gasteiger partial charge in [-0.3, -0.25) is 4.98 Å². The first-order chi connectivity index (χ1) is 9.40. The molecule has 0 aliphatic rings. The van der Waals surface area contributed by atoms with Gasteiger partial charge in [0.25, 0.3) is 0 Å². The molecule has 1 aromatic carbocycles. The highest BCUT2D eigenvalue weighted by atomic mass is 15.0. The zero-order chi connectivity index (χ0) is 12.7. The van der Waals surface area contributed by atoms with Crippen LogP contribution >= 0.6 is 0 Å². The Balaban J connectivity index is 1.93. The number of nitrogens with zero attached hydrogens (tertiary/aromatic N) is 3. The van der Waals surface area contributed by atoms with Gasteiger partial charge in [0.05, 0.1) is 11.2 Å². The van der Waals surface area contributed by atoms with Gasteiger partial charge in [-0.15, -0.1) is 0 Å². The van der Waals surface area contributed by atoms with E-state index in [4.69, 9.17) is 0 Å². The highest BCUT2D eigenvalue weighted by Crippen LogP contribution is 2.22. The van der Waals surface area contributed by atoms with Gasteiger partial charge in [-0.25, -0.2) is 4.98 Å². The van der Waals surface area contributed by atoms with Crippen LogP contribution in [0.15, 0.2) is 67.1 Å². The van der Waals surface area contributed by atoms with Gasteiger partial charge in [-0.1, -0.05) is 24.3 Å². The van der Waals surface area contributed by atoms with Crippen molar-refractivity contribution in [1.82, 2.24) is 14.4 Å². The third kappa shape index (κ3) is 1.67. The molecule has 0 fully saturated rings. The highest BCUT2D eigenvalue weighted by Gasteiger charge is 2.05. The van der Waals surface area contributed by atoms with E-state index in [1.165, 1.54) is 0 Å². The number of rotatable bonds is 1. The second kappa shape index (κ2) is 3.92. The lowest BCUT2D eigenvalue weighted by Crippen LogP contribution is -1.82. The van der Waals surface area contributed by atoms with Crippen LogP contribution in [0, 0.1) is 0 Å². The topological polar surface area (TPSA) is 30.2 Å². The van der Waals surface area contributed by atoms with Gasteiger partial charge in [0, 0.05) is 29.5 Å². The highest BCUT2D eigenvalue weighted by molar-refractivity contribution is 5.82. The van der Waals surface area contributed by atoms with Gasteiger partial charge in [-0.2, -0.15) is 0 Å². The van der Waals surface area contributed by atoms with E-state index in [2.05, 4.69) is 22.1 Å². The van der Waals surface area contributed by atoms with Crippen molar-refractivity contribution in [1.29, 1.82) is 0 Å². The lowest BCUT2D eigenvalue weighted by Gasteiger charge is -1.99. The van der Waals surface area contributed by atoms with Crippen LogP contribution in [0.5, 0.6) is 0 Å². The number of fused-ring (bicyclic) bond motifs is 2. The summed E-state index contributed by atoms with van der Waals surface area (Å²) in [5, 5.41) is 1.14. The van der Waals surface area contributed by atoms with E-state index in [-0.39, 0.29) is 0 Å². The third-order valence-electron chi connectivity index (χ3n) is 3.25. The van der Waals surface area contributed by atoms with Crippen molar-refractivity contribution in [2.45, 2.75) is 0 Å². The molecule has 90 valence electrons. The predicted molar refractivity (Wildman–Crippen MR) is 75.9 cm³/mol. The Kier molecular flexibility index (Phi) is 2.12. The first kappa shape index (κ1) is 10.3. The molecule has 3 heteroatoms. The first-order valence-corrected chi connectivity index (χ1v) is 6.19.